The summed E-state index contributed by atoms with van der Waals surface area (Å²) in [5.41, 5.74) is 0. The summed E-state index contributed by atoms with van der Waals surface area (Å²) in [6.07, 6.45) is 2.15. The van der Waals surface area contributed by atoms with Crippen molar-refractivity contribution in [1.82, 2.24) is 4.90 Å². The number of nitriles is 1. The predicted molar refractivity (Wildman–Crippen MR) is 65.2 cm³/mol. The van der Waals surface area contributed by atoms with Crippen LogP contribution in [0.15, 0.2) is 0 Å². The Labute approximate surface area is 104 Å². The molecule has 2 unspecified atom stereocenters. The highest BCUT2D eigenvalue weighted by Gasteiger charge is 2.35. The van der Waals surface area contributed by atoms with Gasteiger partial charge < -0.3 is 9.64 Å². The van der Waals surface area contributed by atoms with E-state index in [1.807, 2.05) is 25.7 Å². The van der Waals surface area contributed by atoms with Crippen LogP contribution in [0.3, 0.4) is 0 Å². The lowest BCUT2D eigenvalue weighted by atomic mass is 9.97. The summed E-state index contributed by atoms with van der Waals surface area (Å²) in [6, 6.07) is 2.25. The fourth-order valence-corrected chi connectivity index (χ4v) is 2.34. The monoisotopic (exact) mass is 238 g/mol. The zero-order chi connectivity index (χ0) is 12.8. The van der Waals surface area contributed by atoms with E-state index in [4.69, 9.17) is 10.00 Å². The zero-order valence-corrected chi connectivity index (χ0v) is 11.0. The van der Waals surface area contributed by atoms with Gasteiger partial charge in [0.2, 0.25) is 5.91 Å². The van der Waals surface area contributed by atoms with Crippen LogP contribution < -0.4 is 0 Å². The average Bonchev–Trinajstić information content (AvgIpc) is 2.76. The smallest absolute Gasteiger partial charge is 0.228 e. The molecule has 0 aromatic carbocycles. The summed E-state index contributed by atoms with van der Waals surface area (Å²) in [6.45, 7) is 7.24. The first-order chi connectivity index (χ1) is 8.11. The molecule has 0 saturated carbocycles. The number of amides is 1. The van der Waals surface area contributed by atoms with Gasteiger partial charge in [-0.3, -0.25) is 4.79 Å². The topological polar surface area (TPSA) is 53.3 Å². The quantitative estimate of drug-likeness (QED) is 0.735. The fraction of sp³-hybridized carbons (Fsp3) is 0.846. The number of hydrogen-bond acceptors (Lipinski definition) is 3. The molecule has 1 amide bonds. The van der Waals surface area contributed by atoms with Gasteiger partial charge in [-0.15, -0.1) is 0 Å². The Balaban J connectivity index is 2.67. The van der Waals surface area contributed by atoms with Crippen molar-refractivity contribution in [2.75, 3.05) is 13.2 Å². The van der Waals surface area contributed by atoms with Gasteiger partial charge >= 0.3 is 0 Å². The second-order valence-corrected chi connectivity index (χ2v) is 4.75. The van der Waals surface area contributed by atoms with Gasteiger partial charge in [-0.25, -0.2) is 0 Å². The number of nitrogens with zero attached hydrogens (tertiary/aromatic N) is 2. The van der Waals surface area contributed by atoms with E-state index in [1.54, 1.807) is 0 Å². The third-order valence-electron chi connectivity index (χ3n) is 3.30. The Kier molecular flexibility index (Phi) is 5.43. The summed E-state index contributed by atoms with van der Waals surface area (Å²) in [4.78, 5) is 14.2. The number of rotatable bonds is 5. The molecule has 1 fully saturated rings. The lowest BCUT2D eigenvalue weighted by Crippen LogP contribution is -2.43. The number of carbonyl (C=O) groups excluding carboxylic acids is 1. The van der Waals surface area contributed by atoms with Gasteiger partial charge in [-0.05, 0) is 26.7 Å². The van der Waals surface area contributed by atoms with E-state index in [-0.39, 0.29) is 24.0 Å². The molecular weight excluding hydrogens is 216 g/mol. The number of hydrogen-bond donors (Lipinski definition) is 0. The number of carbonyl (C=O) groups is 1. The summed E-state index contributed by atoms with van der Waals surface area (Å²) in [5, 5.41) is 8.63. The van der Waals surface area contributed by atoms with Crippen LogP contribution in [0, 0.1) is 17.2 Å². The van der Waals surface area contributed by atoms with Crippen molar-refractivity contribution in [3.63, 3.8) is 0 Å². The van der Waals surface area contributed by atoms with E-state index in [2.05, 4.69) is 6.07 Å². The summed E-state index contributed by atoms with van der Waals surface area (Å²) >= 11 is 0. The Morgan fingerprint density at radius 1 is 1.59 bits per heavy atom. The molecule has 0 radical (unpaired) electrons. The third kappa shape index (κ3) is 3.44. The second kappa shape index (κ2) is 6.61. The van der Waals surface area contributed by atoms with Crippen LogP contribution in [-0.2, 0) is 9.53 Å². The van der Waals surface area contributed by atoms with E-state index in [0.29, 0.717) is 19.6 Å². The Morgan fingerprint density at radius 2 is 2.29 bits per heavy atom. The van der Waals surface area contributed by atoms with E-state index in [0.717, 1.165) is 12.8 Å². The average molecular weight is 238 g/mol. The first-order valence-corrected chi connectivity index (χ1v) is 6.40. The maximum absolute atomic E-state index is 12.4. The SMILES string of the molecule is CCC1OCCC1C(=O)N(CCC#N)C(C)C. The molecular formula is C13H22N2O2. The molecule has 1 aliphatic heterocycles. The molecule has 0 aromatic heterocycles. The minimum Gasteiger partial charge on any atom is -0.377 e. The van der Waals surface area contributed by atoms with E-state index >= 15 is 0 Å². The van der Waals surface area contributed by atoms with E-state index < -0.39 is 0 Å². The number of ether oxygens (including phenoxy) is 1. The van der Waals surface area contributed by atoms with Gasteiger partial charge in [0.15, 0.2) is 0 Å². The van der Waals surface area contributed by atoms with Gasteiger partial charge in [0.1, 0.15) is 0 Å². The van der Waals surface area contributed by atoms with E-state index in [9.17, 15) is 4.79 Å². The first kappa shape index (κ1) is 14.0. The van der Waals surface area contributed by atoms with Gasteiger partial charge in [0.05, 0.1) is 24.5 Å². The van der Waals surface area contributed by atoms with Crippen LogP contribution in [0.25, 0.3) is 0 Å². The molecule has 1 rings (SSSR count). The predicted octanol–water partition coefficient (Wildman–Crippen LogP) is 1.95. The maximum Gasteiger partial charge on any atom is 0.228 e. The molecule has 0 aromatic rings. The Hall–Kier alpha value is -1.08. The highest BCUT2D eigenvalue weighted by Crippen LogP contribution is 2.26. The minimum atomic E-state index is -0.0129. The molecule has 1 aliphatic rings. The molecule has 4 nitrogen and oxygen atoms in total. The van der Waals surface area contributed by atoms with Crippen LogP contribution >= 0.6 is 0 Å². The molecule has 1 saturated heterocycles. The lowest BCUT2D eigenvalue weighted by molar-refractivity contribution is -0.139. The van der Waals surface area contributed by atoms with Gasteiger partial charge in [-0.1, -0.05) is 6.92 Å². The van der Waals surface area contributed by atoms with Crippen molar-refractivity contribution < 1.29 is 9.53 Å². The van der Waals surface area contributed by atoms with Gasteiger partial charge in [0.25, 0.3) is 0 Å². The molecule has 4 heteroatoms. The fourth-order valence-electron chi connectivity index (χ4n) is 2.34. The van der Waals surface area contributed by atoms with Crippen molar-refractivity contribution in [2.45, 2.75) is 52.2 Å². The molecule has 17 heavy (non-hydrogen) atoms. The summed E-state index contributed by atoms with van der Waals surface area (Å²) in [7, 11) is 0. The Morgan fingerprint density at radius 3 is 2.82 bits per heavy atom. The van der Waals surface area contributed by atoms with Crippen LogP contribution in [0.1, 0.15) is 40.0 Å². The van der Waals surface area contributed by atoms with Crippen molar-refractivity contribution >= 4 is 5.91 Å². The molecule has 1 heterocycles. The van der Waals surface area contributed by atoms with E-state index in [1.165, 1.54) is 0 Å². The third-order valence-corrected chi connectivity index (χ3v) is 3.30. The normalized spacial score (nSPS) is 23.7. The van der Waals surface area contributed by atoms with Crippen LogP contribution in [-0.4, -0.2) is 36.1 Å². The molecule has 0 bridgehead atoms. The van der Waals surface area contributed by atoms with Crippen molar-refractivity contribution in [1.29, 1.82) is 5.26 Å². The molecule has 96 valence electrons. The summed E-state index contributed by atoms with van der Waals surface area (Å²) in [5.74, 6) is 0.140. The van der Waals surface area contributed by atoms with Crippen LogP contribution in [0.5, 0.6) is 0 Å². The molecule has 2 atom stereocenters. The molecule has 0 N–H and O–H groups in total. The standard InChI is InChI=1S/C13H22N2O2/c1-4-12-11(6-9-17-12)13(16)15(10(2)3)8-5-7-14/h10-12H,4-6,8-9H2,1-3H3. The van der Waals surface area contributed by atoms with Crippen molar-refractivity contribution in [2.24, 2.45) is 5.92 Å². The highest BCUT2D eigenvalue weighted by atomic mass is 16.5. The van der Waals surface area contributed by atoms with Crippen molar-refractivity contribution in [3.8, 4) is 6.07 Å². The second-order valence-electron chi connectivity index (χ2n) is 4.75. The van der Waals surface area contributed by atoms with Gasteiger partial charge in [0, 0.05) is 19.2 Å². The summed E-state index contributed by atoms with van der Waals surface area (Å²) < 4.78 is 5.56. The minimum absolute atomic E-state index is 0.0129. The zero-order valence-electron chi connectivity index (χ0n) is 11.0. The molecule has 0 spiro atoms. The lowest BCUT2D eigenvalue weighted by Gasteiger charge is -2.30. The Bertz CT molecular complexity index is 296. The maximum atomic E-state index is 12.4. The van der Waals surface area contributed by atoms with Crippen LogP contribution in [0.2, 0.25) is 0 Å². The largest absolute Gasteiger partial charge is 0.377 e. The van der Waals surface area contributed by atoms with Gasteiger partial charge in [-0.2, -0.15) is 5.26 Å². The van der Waals surface area contributed by atoms with Crippen molar-refractivity contribution in [3.05, 3.63) is 0 Å². The first-order valence-electron chi connectivity index (χ1n) is 6.40. The highest BCUT2D eigenvalue weighted by molar-refractivity contribution is 5.80. The van der Waals surface area contributed by atoms with Crippen LogP contribution in [0.4, 0.5) is 0 Å². The molecule has 0 aliphatic carbocycles.